The molecule has 0 fully saturated rings. The van der Waals surface area contributed by atoms with E-state index in [-0.39, 0.29) is 0 Å². The van der Waals surface area contributed by atoms with E-state index in [4.69, 9.17) is 0 Å². The SMILES string of the molecule is CS(C)(C)C(c1ccccn1)S(C)(C)C. The molecule has 0 saturated carbocycles. The van der Waals surface area contributed by atoms with Gasteiger partial charge in [0.05, 0.1) is 10.3 Å². The molecule has 15 heavy (non-hydrogen) atoms. The number of pyridine rings is 1. The van der Waals surface area contributed by atoms with E-state index >= 15 is 0 Å². The molecule has 1 heterocycles. The van der Waals surface area contributed by atoms with E-state index in [1.165, 1.54) is 5.69 Å². The second-order valence-corrected chi connectivity index (χ2v) is 14.4. The van der Waals surface area contributed by atoms with Crippen LogP contribution in [0.15, 0.2) is 24.4 Å². The second-order valence-electron chi connectivity index (χ2n) is 5.45. The van der Waals surface area contributed by atoms with E-state index in [1.807, 2.05) is 12.3 Å². The van der Waals surface area contributed by atoms with E-state index in [0.29, 0.717) is 4.58 Å². The van der Waals surface area contributed by atoms with Crippen molar-refractivity contribution in [3.05, 3.63) is 30.1 Å². The number of hydrogen-bond donors (Lipinski definition) is 0. The van der Waals surface area contributed by atoms with Gasteiger partial charge >= 0.3 is 0 Å². The zero-order valence-electron chi connectivity index (χ0n) is 10.7. The summed E-state index contributed by atoms with van der Waals surface area (Å²) < 4.78 is 0.645. The van der Waals surface area contributed by atoms with Crippen molar-refractivity contribution in [1.29, 1.82) is 0 Å². The van der Waals surface area contributed by atoms with E-state index < -0.39 is 20.1 Å². The number of aromatic nitrogens is 1. The van der Waals surface area contributed by atoms with Crippen LogP contribution in [0, 0.1) is 0 Å². The molecule has 88 valence electrons. The molecule has 0 N–H and O–H groups in total. The Labute approximate surface area is 97.3 Å². The fraction of sp³-hybridized carbons (Fsp3) is 0.583. The van der Waals surface area contributed by atoms with Crippen molar-refractivity contribution in [3.8, 4) is 0 Å². The molecule has 0 atom stereocenters. The van der Waals surface area contributed by atoms with Crippen LogP contribution in [0.25, 0.3) is 0 Å². The molecule has 0 unspecified atom stereocenters. The van der Waals surface area contributed by atoms with Crippen LogP contribution in [-0.2, 0) is 0 Å². The second kappa shape index (κ2) is 4.38. The molecular weight excluding hydrogens is 222 g/mol. The van der Waals surface area contributed by atoms with Gasteiger partial charge in [0.25, 0.3) is 0 Å². The monoisotopic (exact) mass is 245 g/mol. The van der Waals surface area contributed by atoms with Crippen molar-refractivity contribution in [2.75, 3.05) is 37.5 Å². The average molecular weight is 245 g/mol. The van der Waals surface area contributed by atoms with Crippen LogP contribution in [0.4, 0.5) is 0 Å². The molecule has 0 aliphatic heterocycles. The predicted molar refractivity (Wildman–Crippen MR) is 77.7 cm³/mol. The van der Waals surface area contributed by atoms with Gasteiger partial charge in [-0.3, -0.25) is 4.98 Å². The molecule has 0 saturated heterocycles. The maximum atomic E-state index is 4.55. The van der Waals surface area contributed by atoms with E-state index in [0.717, 1.165) is 0 Å². The molecule has 0 aromatic carbocycles. The van der Waals surface area contributed by atoms with Gasteiger partial charge < -0.3 is 0 Å². The smallest absolute Gasteiger partial charge is 0.0607 e. The third-order valence-electron chi connectivity index (χ3n) is 2.21. The van der Waals surface area contributed by atoms with Crippen molar-refractivity contribution in [1.82, 2.24) is 4.98 Å². The molecule has 1 aromatic rings. The van der Waals surface area contributed by atoms with Crippen molar-refractivity contribution in [2.45, 2.75) is 4.58 Å². The lowest BCUT2D eigenvalue weighted by molar-refractivity contribution is 1.14. The number of hydrogen-bond acceptors (Lipinski definition) is 1. The molecule has 0 amide bonds. The zero-order chi connectivity index (χ0) is 11.7. The summed E-state index contributed by atoms with van der Waals surface area (Å²) in [6, 6.07) is 6.28. The maximum Gasteiger partial charge on any atom is 0.0607 e. The lowest BCUT2D eigenvalue weighted by atomic mass is 10.4. The first-order valence-electron chi connectivity index (χ1n) is 4.98. The van der Waals surface area contributed by atoms with E-state index in [2.05, 4.69) is 54.7 Å². The molecule has 1 nitrogen and oxygen atoms in total. The van der Waals surface area contributed by atoms with Gasteiger partial charge in [0.2, 0.25) is 0 Å². The van der Waals surface area contributed by atoms with Crippen LogP contribution >= 0.6 is 20.1 Å². The van der Waals surface area contributed by atoms with Gasteiger partial charge in [0, 0.05) is 6.20 Å². The van der Waals surface area contributed by atoms with E-state index in [1.54, 1.807) is 0 Å². The van der Waals surface area contributed by atoms with Gasteiger partial charge in [-0.05, 0) is 49.7 Å². The summed E-state index contributed by atoms with van der Waals surface area (Å²) in [5.41, 5.74) is 1.28. The first kappa shape index (κ1) is 12.9. The highest BCUT2D eigenvalue weighted by molar-refractivity contribution is 8.47. The van der Waals surface area contributed by atoms with E-state index in [9.17, 15) is 0 Å². The standard InChI is InChI=1S/C12H23NS2/c1-14(2,3)12(15(4,5)6)11-9-7-8-10-13-11/h7-10,12H,1-6H3. The molecule has 0 bridgehead atoms. The summed E-state index contributed by atoms with van der Waals surface area (Å²) in [5.74, 6) is 0. The van der Waals surface area contributed by atoms with Crippen molar-refractivity contribution in [2.24, 2.45) is 0 Å². The first-order chi connectivity index (χ1) is 6.73. The Balaban J connectivity index is 3.15. The summed E-state index contributed by atoms with van der Waals surface area (Å²) in [6.07, 6.45) is 16.3. The van der Waals surface area contributed by atoms with Crippen LogP contribution < -0.4 is 0 Å². The molecule has 0 aliphatic carbocycles. The maximum absolute atomic E-state index is 4.55. The molecule has 0 spiro atoms. The van der Waals surface area contributed by atoms with Gasteiger partial charge in [0.15, 0.2) is 0 Å². The Morgan fingerprint density at radius 1 is 0.933 bits per heavy atom. The number of rotatable bonds is 3. The summed E-state index contributed by atoms with van der Waals surface area (Å²) in [7, 11) is -1.20. The molecule has 3 heteroatoms. The summed E-state index contributed by atoms with van der Waals surface area (Å²) >= 11 is 0. The first-order valence-corrected chi connectivity index (χ1v) is 10.8. The largest absolute Gasteiger partial charge is 0.259 e. The third kappa shape index (κ3) is 3.42. The Morgan fingerprint density at radius 3 is 1.80 bits per heavy atom. The van der Waals surface area contributed by atoms with Gasteiger partial charge in [-0.2, -0.15) is 0 Å². The summed E-state index contributed by atoms with van der Waals surface area (Å²) in [4.78, 5) is 4.55. The van der Waals surface area contributed by atoms with Crippen LogP contribution in [0.5, 0.6) is 0 Å². The van der Waals surface area contributed by atoms with Crippen molar-refractivity contribution < 1.29 is 0 Å². The van der Waals surface area contributed by atoms with Gasteiger partial charge in [-0.1, -0.05) is 6.07 Å². The Hall–Kier alpha value is -0.150. The predicted octanol–water partition coefficient (Wildman–Crippen LogP) is 3.47. The van der Waals surface area contributed by atoms with Crippen molar-refractivity contribution >= 4 is 20.1 Å². The highest BCUT2D eigenvalue weighted by Gasteiger charge is 2.30. The Kier molecular flexibility index (Phi) is 3.77. The third-order valence-corrected chi connectivity index (χ3v) is 8.73. The highest BCUT2D eigenvalue weighted by atomic mass is 32.3. The normalized spacial score (nSPS) is 15.4. The lowest BCUT2D eigenvalue weighted by Crippen LogP contribution is -2.15. The minimum absolute atomic E-state index is 0.601. The van der Waals surface area contributed by atoms with Gasteiger partial charge in [-0.25, -0.2) is 20.1 Å². The summed E-state index contributed by atoms with van der Waals surface area (Å²) in [6.45, 7) is 0. The fourth-order valence-electron chi connectivity index (χ4n) is 2.11. The Morgan fingerprint density at radius 2 is 1.47 bits per heavy atom. The minimum Gasteiger partial charge on any atom is -0.259 e. The fourth-order valence-corrected chi connectivity index (χ4v) is 10.8. The zero-order valence-corrected chi connectivity index (χ0v) is 12.3. The molecule has 0 aliphatic rings. The highest BCUT2D eigenvalue weighted by Crippen LogP contribution is 2.68. The van der Waals surface area contributed by atoms with Gasteiger partial charge in [0.1, 0.15) is 0 Å². The number of nitrogens with zero attached hydrogens (tertiary/aromatic N) is 1. The molecule has 0 radical (unpaired) electrons. The van der Waals surface area contributed by atoms with Crippen LogP contribution in [0.3, 0.4) is 0 Å². The quantitative estimate of drug-likeness (QED) is 0.794. The average Bonchev–Trinajstić information content (AvgIpc) is 2.00. The minimum atomic E-state index is -0.601. The van der Waals surface area contributed by atoms with Crippen LogP contribution in [-0.4, -0.2) is 42.5 Å². The molecule has 1 aromatic heterocycles. The Bertz CT molecular complexity index is 295. The van der Waals surface area contributed by atoms with Gasteiger partial charge in [-0.15, -0.1) is 0 Å². The van der Waals surface area contributed by atoms with Crippen LogP contribution in [0.2, 0.25) is 0 Å². The molecule has 1 rings (SSSR count). The van der Waals surface area contributed by atoms with Crippen molar-refractivity contribution in [3.63, 3.8) is 0 Å². The van der Waals surface area contributed by atoms with Crippen LogP contribution in [0.1, 0.15) is 10.3 Å². The summed E-state index contributed by atoms with van der Waals surface area (Å²) in [5, 5.41) is 0. The lowest BCUT2D eigenvalue weighted by Gasteiger charge is -2.47. The topological polar surface area (TPSA) is 12.9 Å². The molecular formula is C12H23NS2.